The molecule has 1 fully saturated rings. The molecule has 6 nitrogen and oxygen atoms in total. The van der Waals surface area contributed by atoms with Crippen molar-refractivity contribution in [2.24, 2.45) is 0 Å². The van der Waals surface area contributed by atoms with Crippen LogP contribution in [0, 0.1) is 3.57 Å². The van der Waals surface area contributed by atoms with Crippen LogP contribution in [0.2, 0.25) is 5.02 Å². The highest BCUT2D eigenvalue weighted by molar-refractivity contribution is 14.1. The summed E-state index contributed by atoms with van der Waals surface area (Å²) in [4.78, 5) is 39.2. The molecule has 1 saturated heterocycles. The number of urea groups is 1. The molecule has 178 valence electrons. The number of anilines is 1. The molecular weight excluding hydrogens is 647 g/mol. The summed E-state index contributed by atoms with van der Waals surface area (Å²) in [6.45, 7) is 2.35. The van der Waals surface area contributed by atoms with Gasteiger partial charge in [-0.15, -0.1) is 0 Å². The van der Waals surface area contributed by atoms with Crippen molar-refractivity contribution < 1.29 is 19.1 Å². The van der Waals surface area contributed by atoms with Crippen molar-refractivity contribution in [3.05, 3.63) is 96.0 Å². The zero-order valence-corrected chi connectivity index (χ0v) is 23.0. The van der Waals surface area contributed by atoms with Gasteiger partial charge in [-0.2, -0.15) is 0 Å². The van der Waals surface area contributed by atoms with E-state index in [2.05, 4.69) is 43.8 Å². The van der Waals surface area contributed by atoms with Gasteiger partial charge in [0.05, 0.1) is 17.3 Å². The first-order chi connectivity index (χ1) is 16.8. The number of ether oxygens (including phenoxy) is 1. The molecule has 1 aliphatic heterocycles. The number of halogens is 3. The van der Waals surface area contributed by atoms with E-state index in [1.54, 1.807) is 30.3 Å². The smallest absolute Gasteiger partial charge is 0.335 e. The second kappa shape index (κ2) is 10.9. The number of imide groups is 2. The third kappa shape index (κ3) is 5.44. The van der Waals surface area contributed by atoms with E-state index in [1.807, 2.05) is 37.3 Å². The van der Waals surface area contributed by atoms with Gasteiger partial charge in [0.15, 0.2) is 0 Å². The highest BCUT2D eigenvalue weighted by Crippen LogP contribution is 2.33. The second-order valence-electron chi connectivity index (χ2n) is 7.59. The van der Waals surface area contributed by atoms with Crippen molar-refractivity contribution in [3.8, 4) is 5.75 Å². The van der Waals surface area contributed by atoms with Crippen molar-refractivity contribution in [2.75, 3.05) is 11.5 Å². The van der Waals surface area contributed by atoms with Gasteiger partial charge in [-0.05, 0) is 77.0 Å². The van der Waals surface area contributed by atoms with E-state index >= 15 is 0 Å². The molecule has 0 spiro atoms. The van der Waals surface area contributed by atoms with Crippen LogP contribution in [0.3, 0.4) is 0 Å². The van der Waals surface area contributed by atoms with Crippen molar-refractivity contribution >= 4 is 79.7 Å². The lowest BCUT2D eigenvalue weighted by Gasteiger charge is -2.27. The molecule has 0 atom stereocenters. The quantitative estimate of drug-likeness (QED) is 0.189. The number of carbonyl (C=O) groups excluding carboxylic acids is 3. The Morgan fingerprint density at radius 3 is 2.51 bits per heavy atom. The first-order valence-electron chi connectivity index (χ1n) is 10.6. The number of benzene rings is 3. The van der Waals surface area contributed by atoms with E-state index in [-0.39, 0.29) is 16.3 Å². The highest BCUT2D eigenvalue weighted by atomic mass is 127. The van der Waals surface area contributed by atoms with Crippen LogP contribution in [0.1, 0.15) is 23.6 Å². The minimum Gasteiger partial charge on any atom is -0.494 e. The monoisotopic (exact) mass is 664 g/mol. The lowest BCUT2D eigenvalue weighted by Crippen LogP contribution is -2.54. The Bertz CT molecular complexity index is 1380. The topological polar surface area (TPSA) is 75.7 Å². The standard InChI is InChI=1S/C26H19BrClIN2O4/c1-2-35-23-13-15(12-21(29)17(23)14-16-7-3-4-8-19(16)27)11-18-24(32)30-26(34)31(25(18)33)22-10-6-5-9-20(22)28/h3-13H,2,14H2,1H3,(H,30,32,34)/b18-11+. The Hall–Kier alpha value is -2.69. The van der Waals surface area contributed by atoms with Crippen LogP contribution < -0.4 is 15.0 Å². The molecule has 0 unspecified atom stereocenters. The van der Waals surface area contributed by atoms with Gasteiger partial charge in [-0.25, -0.2) is 9.69 Å². The lowest BCUT2D eigenvalue weighted by molar-refractivity contribution is -0.122. The van der Waals surface area contributed by atoms with Gasteiger partial charge >= 0.3 is 6.03 Å². The number of para-hydroxylation sites is 1. The lowest BCUT2D eigenvalue weighted by atomic mass is 10.0. The molecule has 0 radical (unpaired) electrons. The molecule has 3 aromatic carbocycles. The maximum absolute atomic E-state index is 13.2. The Kier molecular flexibility index (Phi) is 7.93. The SMILES string of the molecule is CCOc1cc(/C=C2\C(=O)NC(=O)N(c3ccccc3Cl)C2=O)cc(I)c1Cc1ccccc1Br. The minimum atomic E-state index is -0.848. The molecule has 0 saturated carbocycles. The molecule has 1 heterocycles. The third-order valence-corrected chi connectivity index (χ3v) is 7.36. The zero-order chi connectivity index (χ0) is 25.1. The van der Waals surface area contributed by atoms with Gasteiger partial charge in [0, 0.05) is 20.0 Å². The number of hydrogen-bond donors (Lipinski definition) is 1. The summed E-state index contributed by atoms with van der Waals surface area (Å²) in [6, 6.07) is 17.2. The van der Waals surface area contributed by atoms with Gasteiger partial charge in [0.1, 0.15) is 11.3 Å². The van der Waals surface area contributed by atoms with Crippen molar-refractivity contribution in [3.63, 3.8) is 0 Å². The summed E-state index contributed by atoms with van der Waals surface area (Å²) in [6.07, 6.45) is 2.10. The largest absolute Gasteiger partial charge is 0.494 e. The number of amides is 4. The maximum Gasteiger partial charge on any atom is 0.335 e. The molecule has 0 bridgehead atoms. The van der Waals surface area contributed by atoms with Crippen LogP contribution in [-0.4, -0.2) is 24.5 Å². The maximum atomic E-state index is 13.2. The number of rotatable bonds is 6. The van der Waals surface area contributed by atoms with E-state index in [0.29, 0.717) is 24.3 Å². The molecule has 35 heavy (non-hydrogen) atoms. The molecule has 4 amide bonds. The molecule has 0 aromatic heterocycles. The van der Waals surface area contributed by atoms with Gasteiger partial charge < -0.3 is 4.74 Å². The zero-order valence-electron chi connectivity index (χ0n) is 18.5. The number of barbiturate groups is 1. The molecule has 3 aromatic rings. The summed E-state index contributed by atoms with van der Waals surface area (Å²) < 4.78 is 7.83. The number of nitrogens with one attached hydrogen (secondary N) is 1. The predicted octanol–water partition coefficient (Wildman–Crippen LogP) is 6.36. The molecule has 0 aliphatic carbocycles. The van der Waals surface area contributed by atoms with Crippen LogP contribution in [0.5, 0.6) is 5.75 Å². The summed E-state index contributed by atoms with van der Waals surface area (Å²) >= 11 is 12.0. The van der Waals surface area contributed by atoms with Crippen LogP contribution >= 0.6 is 50.1 Å². The fourth-order valence-corrected chi connectivity index (χ4v) is 5.14. The van der Waals surface area contributed by atoms with Crippen LogP contribution in [0.4, 0.5) is 10.5 Å². The fourth-order valence-electron chi connectivity index (χ4n) is 3.68. The molecule has 1 aliphatic rings. The first-order valence-corrected chi connectivity index (χ1v) is 12.9. The Balaban J connectivity index is 1.74. The van der Waals surface area contributed by atoms with Crippen LogP contribution in [0.15, 0.2) is 70.7 Å². The van der Waals surface area contributed by atoms with Crippen molar-refractivity contribution in [1.29, 1.82) is 0 Å². The average molecular weight is 666 g/mol. The minimum absolute atomic E-state index is 0.179. The summed E-state index contributed by atoms with van der Waals surface area (Å²) in [7, 11) is 0. The molecular formula is C26H19BrClIN2O4. The van der Waals surface area contributed by atoms with Gasteiger partial charge in [0.25, 0.3) is 11.8 Å². The third-order valence-electron chi connectivity index (χ3n) is 5.31. The summed E-state index contributed by atoms with van der Waals surface area (Å²) in [5.41, 5.74) is 2.72. The first kappa shape index (κ1) is 25.4. The van der Waals surface area contributed by atoms with Crippen molar-refractivity contribution in [1.82, 2.24) is 5.32 Å². The van der Waals surface area contributed by atoms with E-state index in [4.69, 9.17) is 16.3 Å². The fraction of sp³-hybridized carbons (Fsp3) is 0.115. The number of carbonyl (C=O) groups is 3. The number of hydrogen-bond acceptors (Lipinski definition) is 4. The molecule has 9 heteroatoms. The predicted molar refractivity (Wildman–Crippen MR) is 148 cm³/mol. The second-order valence-corrected chi connectivity index (χ2v) is 10.0. The van der Waals surface area contributed by atoms with Gasteiger partial charge in [-0.1, -0.05) is 57.9 Å². The number of nitrogens with zero attached hydrogens (tertiary/aromatic N) is 1. The van der Waals surface area contributed by atoms with E-state index in [9.17, 15) is 14.4 Å². The van der Waals surface area contributed by atoms with E-state index in [1.165, 1.54) is 6.08 Å². The van der Waals surface area contributed by atoms with E-state index in [0.717, 1.165) is 24.1 Å². The van der Waals surface area contributed by atoms with Crippen LogP contribution in [-0.2, 0) is 16.0 Å². The van der Waals surface area contributed by atoms with Gasteiger partial charge in [0.2, 0.25) is 0 Å². The summed E-state index contributed by atoms with van der Waals surface area (Å²) in [5, 5.41) is 2.44. The Morgan fingerprint density at radius 1 is 1.09 bits per heavy atom. The molecule has 1 N–H and O–H groups in total. The average Bonchev–Trinajstić information content (AvgIpc) is 2.81. The highest BCUT2D eigenvalue weighted by Gasteiger charge is 2.37. The Morgan fingerprint density at radius 2 is 1.80 bits per heavy atom. The Labute approximate surface area is 229 Å². The van der Waals surface area contributed by atoms with Gasteiger partial charge in [-0.3, -0.25) is 14.9 Å². The summed E-state index contributed by atoms with van der Waals surface area (Å²) in [5.74, 6) is -0.865. The normalized spacial score (nSPS) is 14.9. The van der Waals surface area contributed by atoms with Crippen LogP contribution in [0.25, 0.3) is 6.08 Å². The van der Waals surface area contributed by atoms with Crippen molar-refractivity contribution in [2.45, 2.75) is 13.3 Å². The molecule has 4 rings (SSSR count). The van der Waals surface area contributed by atoms with E-state index < -0.39 is 17.8 Å².